The standard InChI is InChI=1S/C12H17BrFN/c1-12(2,3)15(4)8-9-5-6-10(13)11(14)7-9/h5-7H,8H2,1-4H3. The topological polar surface area (TPSA) is 3.24 Å². The summed E-state index contributed by atoms with van der Waals surface area (Å²) in [5, 5.41) is 0. The van der Waals surface area contributed by atoms with Gasteiger partial charge in [-0.25, -0.2) is 4.39 Å². The molecule has 0 N–H and O–H groups in total. The molecule has 1 aromatic carbocycles. The summed E-state index contributed by atoms with van der Waals surface area (Å²) in [6, 6.07) is 5.27. The van der Waals surface area contributed by atoms with Gasteiger partial charge in [0.25, 0.3) is 0 Å². The van der Waals surface area contributed by atoms with Crippen molar-refractivity contribution < 1.29 is 4.39 Å². The molecule has 1 aromatic rings. The Morgan fingerprint density at radius 2 is 1.93 bits per heavy atom. The van der Waals surface area contributed by atoms with E-state index in [9.17, 15) is 4.39 Å². The van der Waals surface area contributed by atoms with Crippen molar-refractivity contribution in [1.29, 1.82) is 0 Å². The molecule has 1 rings (SSSR count). The van der Waals surface area contributed by atoms with Crippen molar-refractivity contribution in [2.45, 2.75) is 32.9 Å². The fraction of sp³-hybridized carbons (Fsp3) is 0.500. The van der Waals surface area contributed by atoms with Gasteiger partial charge in [-0.2, -0.15) is 0 Å². The van der Waals surface area contributed by atoms with E-state index in [1.165, 1.54) is 0 Å². The van der Waals surface area contributed by atoms with Gasteiger partial charge in [-0.15, -0.1) is 0 Å². The van der Waals surface area contributed by atoms with Gasteiger partial charge in [-0.3, -0.25) is 4.90 Å². The van der Waals surface area contributed by atoms with Crippen molar-refractivity contribution >= 4 is 15.9 Å². The van der Waals surface area contributed by atoms with Crippen LogP contribution in [0.3, 0.4) is 0 Å². The van der Waals surface area contributed by atoms with E-state index < -0.39 is 0 Å². The highest BCUT2D eigenvalue weighted by atomic mass is 79.9. The molecular formula is C12H17BrFN. The summed E-state index contributed by atoms with van der Waals surface area (Å²) in [7, 11) is 2.04. The van der Waals surface area contributed by atoms with Crippen molar-refractivity contribution in [3.8, 4) is 0 Å². The van der Waals surface area contributed by atoms with Gasteiger partial charge in [0.2, 0.25) is 0 Å². The predicted molar refractivity (Wildman–Crippen MR) is 65.3 cm³/mol. The molecule has 0 heterocycles. The van der Waals surface area contributed by atoms with Crippen molar-refractivity contribution in [2.75, 3.05) is 7.05 Å². The Labute approximate surface area is 99.4 Å². The van der Waals surface area contributed by atoms with Crippen LogP contribution in [0.2, 0.25) is 0 Å². The van der Waals surface area contributed by atoms with Crippen LogP contribution in [0.4, 0.5) is 4.39 Å². The molecule has 15 heavy (non-hydrogen) atoms. The van der Waals surface area contributed by atoms with E-state index >= 15 is 0 Å². The molecule has 0 bridgehead atoms. The van der Waals surface area contributed by atoms with Crippen LogP contribution in [0, 0.1) is 5.82 Å². The summed E-state index contributed by atoms with van der Waals surface area (Å²) in [6.07, 6.45) is 0. The average Bonchev–Trinajstić information content (AvgIpc) is 2.10. The monoisotopic (exact) mass is 273 g/mol. The van der Waals surface area contributed by atoms with E-state index in [0.29, 0.717) is 4.47 Å². The Hall–Kier alpha value is -0.410. The highest BCUT2D eigenvalue weighted by molar-refractivity contribution is 9.10. The first kappa shape index (κ1) is 12.7. The highest BCUT2D eigenvalue weighted by Crippen LogP contribution is 2.19. The number of rotatable bonds is 2. The maximum Gasteiger partial charge on any atom is 0.137 e. The Balaban J connectivity index is 2.78. The molecule has 0 aliphatic rings. The van der Waals surface area contributed by atoms with E-state index in [2.05, 4.69) is 41.6 Å². The first-order valence-corrected chi connectivity index (χ1v) is 5.75. The summed E-state index contributed by atoms with van der Waals surface area (Å²) < 4.78 is 13.8. The Kier molecular flexibility index (Phi) is 3.90. The number of benzene rings is 1. The van der Waals surface area contributed by atoms with Crippen molar-refractivity contribution in [3.63, 3.8) is 0 Å². The molecule has 0 aromatic heterocycles. The lowest BCUT2D eigenvalue weighted by Gasteiger charge is -2.31. The number of nitrogens with zero attached hydrogens (tertiary/aromatic N) is 1. The van der Waals surface area contributed by atoms with E-state index in [1.807, 2.05) is 13.1 Å². The molecule has 0 unspecified atom stereocenters. The van der Waals surface area contributed by atoms with Crippen molar-refractivity contribution in [2.24, 2.45) is 0 Å². The second-order valence-corrected chi connectivity index (χ2v) is 5.63. The zero-order valence-electron chi connectivity index (χ0n) is 9.64. The second kappa shape index (κ2) is 4.62. The fourth-order valence-corrected chi connectivity index (χ4v) is 1.40. The smallest absolute Gasteiger partial charge is 0.137 e. The molecular weight excluding hydrogens is 257 g/mol. The summed E-state index contributed by atoms with van der Waals surface area (Å²) >= 11 is 3.15. The Morgan fingerprint density at radius 3 is 2.40 bits per heavy atom. The minimum atomic E-state index is -0.199. The molecule has 0 amide bonds. The van der Waals surface area contributed by atoms with Crippen LogP contribution in [0.15, 0.2) is 22.7 Å². The third-order valence-corrected chi connectivity index (χ3v) is 3.19. The molecule has 1 nitrogen and oxygen atoms in total. The highest BCUT2D eigenvalue weighted by Gasteiger charge is 2.17. The first-order valence-electron chi connectivity index (χ1n) is 4.96. The van der Waals surface area contributed by atoms with E-state index in [0.717, 1.165) is 12.1 Å². The third-order valence-electron chi connectivity index (χ3n) is 2.55. The second-order valence-electron chi connectivity index (χ2n) is 4.78. The Bertz CT molecular complexity index is 344. The lowest BCUT2D eigenvalue weighted by Crippen LogP contribution is -2.37. The van der Waals surface area contributed by atoms with Crippen LogP contribution in [0.1, 0.15) is 26.3 Å². The van der Waals surface area contributed by atoms with Crippen molar-refractivity contribution in [3.05, 3.63) is 34.1 Å². The van der Waals surface area contributed by atoms with Crippen LogP contribution in [0.5, 0.6) is 0 Å². The van der Waals surface area contributed by atoms with Gasteiger partial charge in [0.1, 0.15) is 5.82 Å². The third kappa shape index (κ3) is 3.58. The zero-order valence-corrected chi connectivity index (χ0v) is 11.2. The minimum Gasteiger partial charge on any atom is -0.297 e. The van der Waals surface area contributed by atoms with E-state index in [1.54, 1.807) is 12.1 Å². The SMILES string of the molecule is CN(Cc1ccc(Br)c(F)c1)C(C)(C)C. The van der Waals surface area contributed by atoms with Crippen LogP contribution >= 0.6 is 15.9 Å². The van der Waals surface area contributed by atoms with Crippen LogP contribution in [-0.4, -0.2) is 17.5 Å². The van der Waals surface area contributed by atoms with Gasteiger partial charge in [-0.05, 0) is 61.4 Å². The van der Waals surface area contributed by atoms with E-state index in [-0.39, 0.29) is 11.4 Å². The normalized spacial score (nSPS) is 12.2. The molecule has 0 saturated carbocycles. The molecule has 3 heteroatoms. The molecule has 0 saturated heterocycles. The molecule has 0 radical (unpaired) electrons. The molecule has 0 fully saturated rings. The molecule has 0 aliphatic heterocycles. The minimum absolute atomic E-state index is 0.101. The number of hydrogen-bond donors (Lipinski definition) is 0. The van der Waals surface area contributed by atoms with E-state index in [4.69, 9.17) is 0 Å². The lowest BCUT2D eigenvalue weighted by atomic mass is 10.1. The van der Waals surface area contributed by atoms with Gasteiger partial charge >= 0.3 is 0 Å². The van der Waals surface area contributed by atoms with Gasteiger partial charge in [-0.1, -0.05) is 6.07 Å². The maximum absolute atomic E-state index is 13.3. The predicted octanol–water partition coefficient (Wildman–Crippen LogP) is 3.82. The summed E-state index contributed by atoms with van der Waals surface area (Å²) in [5.41, 5.74) is 1.09. The van der Waals surface area contributed by atoms with Gasteiger partial charge in [0.05, 0.1) is 4.47 Å². The van der Waals surface area contributed by atoms with Gasteiger partial charge in [0.15, 0.2) is 0 Å². The summed E-state index contributed by atoms with van der Waals surface area (Å²) in [5.74, 6) is -0.199. The molecule has 0 spiro atoms. The quantitative estimate of drug-likeness (QED) is 0.792. The Morgan fingerprint density at radius 1 is 1.33 bits per heavy atom. The summed E-state index contributed by atoms with van der Waals surface area (Å²) in [4.78, 5) is 2.19. The van der Waals surface area contributed by atoms with Crippen LogP contribution in [0.25, 0.3) is 0 Å². The van der Waals surface area contributed by atoms with Crippen LogP contribution < -0.4 is 0 Å². The number of hydrogen-bond acceptors (Lipinski definition) is 1. The average molecular weight is 274 g/mol. The van der Waals surface area contributed by atoms with Gasteiger partial charge in [0, 0.05) is 12.1 Å². The fourth-order valence-electron chi connectivity index (χ4n) is 1.15. The van der Waals surface area contributed by atoms with Crippen LogP contribution in [-0.2, 0) is 6.54 Å². The summed E-state index contributed by atoms with van der Waals surface area (Å²) in [6.45, 7) is 7.18. The maximum atomic E-state index is 13.3. The molecule has 84 valence electrons. The van der Waals surface area contributed by atoms with Gasteiger partial charge < -0.3 is 0 Å². The molecule has 0 aliphatic carbocycles. The first-order chi connectivity index (χ1) is 6.80. The largest absolute Gasteiger partial charge is 0.297 e. The van der Waals surface area contributed by atoms with Crippen molar-refractivity contribution in [1.82, 2.24) is 4.90 Å². The molecule has 0 atom stereocenters. The zero-order chi connectivity index (χ0) is 11.6. The lowest BCUT2D eigenvalue weighted by molar-refractivity contribution is 0.167. The number of halogens is 2.